The highest BCUT2D eigenvalue weighted by atomic mass is 16.7. The molecule has 2 heterocycles. The minimum absolute atomic E-state index is 0.522. The summed E-state index contributed by atoms with van der Waals surface area (Å²) in [5.74, 6) is 0. The zero-order valence-corrected chi connectivity index (χ0v) is 15.6. The van der Waals surface area contributed by atoms with Crippen LogP contribution in [0.2, 0.25) is 0 Å². The van der Waals surface area contributed by atoms with Crippen molar-refractivity contribution in [1.82, 2.24) is 9.55 Å². The van der Waals surface area contributed by atoms with Gasteiger partial charge >= 0.3 is 5.69 Å². The molecule has 1 aliphatic rings. The van der Waals surface area contributed by atoms with Crippen LogP contribution in [0.15, 0.2) is 21.9 Å². The maximum Gasteiger partial charge on any atom is 0.328 e. The summed E-state index contributed by atoms with van der Waals surface area (Å²) in [4.78, 5) is 24.7. The molecule has 14 nitrogen and oxygen atoms in total. The lowest BCUT2D eigenvalue weighted by Gasteiger charge is -2.41. The van der Waals surface area contributed by atoms with Gasteiger partial charge < -0.3 is 50.3 Å². The molecule has 1 aromatic rings. The van der Waals surface area contributed by atoms with Crippen LogP contribution in [0.5, 0.6) is 0 Å². The molecule has 1 saturated heterocycles. The smallest absolute Gasteiger partial charge is 0.328 e. The second-order valence-corrected chi connectivity index (χ2v) is 6.87. The molecule has 0 bridgehead atoms. The van der Waals surface area contributed by atoms with Crippen molar-refractivity contribution in [2.75, 3.05) is 13.2 Å². The van der Waals surface area contributed by atoms with Gasteiger partial charge in [-0.1, -0.05) is 0 Å². The molecule has 2 rings (SSSR count). The van der Waals surface area contributed by atoms with E-state index in [4.69, 9.17) is 14.6 Å². The van der Waals surface area contributed by atoms with Crippen LogP contribution in [0.1, 0.15) is 0 Å². The van der Waals surface area contributed by atoms with E-state index < -0.39 is 86.1 Å². The first-order chi connectivity index (χ1) is 14.1. The average Bonchev–Trinajstić information content (AvgIpc) is 2.72. The van der Waals surface area contributed by atoms with E-state index in [-0.39, 0.29) is 0 Å². The summed E-state index contributed by atoms with van der Waals surface area (Å²) < 4.78 is 11.2. The van der Waals surface area contributed by atoms with Crippen molar-refractivity contribution in [3.05, 3.63) is 33.1 Å². The Balaban J connectivity index is 2.05. The first kappa shape index (κ1) is 24.5. The molecule has 0 amide bonds. The highest BCUT2D eigenvalue weighted by molar-refractivity contribution is 4.91. The fourth-order valence-corrected chi connectivity index (χ4v) is 2.93. The van der Waals surface area contributed by atoms with E-state index in [9.17, 15) is 45.3 Å². The second kappa shape index (κ2) is 10.5. The Bertz CT molecular complexity index is 782. The number of aliphatic hydroxyl groups excluding tert-OH is 8. The van der Waals surface area contributed by atoms with Crippen LogP contribution in [0, 0.1) is 0 Å². The molecular weight excluding hydrogens is 412 g/mol. The highest BCUT2D eigenvalue weighted by Crippen LogP contribution is 2.24. The molecule has 1 fully saturated rings. The largest absolute Gasteiger partial charge is 0.394 e. The van der Waals surface area contributed by atoms with Gasteiger partial charge in [0.25, 0.3) is 5.56 Å². The monoisotopic (exact) mass is 438 g/mol. The van der Waals surface area contributed by atoms with Gasteiger partial charge in [0.05, 0.1) is 19.8 Å². The van der Waals surface area contributed by atoms with Gasteiger partial charge in [-0.2, -0.15) is 0 Å². The van der Waals surface area contributed by atoms with Gasteiger partial charge in [-0.3, -0.25) is 14.3 Å². The average molecular weight is 438 g/mol. The number of ether oxygens (including phenoxy) is 2. The lowest BCUT2D eigenvalue weighted by Crippen LogP contribution is -2.61. The topological polar surface area (TPSA) is 235 Å². The summed E-state index contributed by atoms with van der Waals surface area (Å²) in [5, 5.41) is 78.6. The van der Waals surface area contributed by atoms with E-state index in [2.05, 4.69) is 0 Å². The standard InChI is InChI=1S/C16H26N2O12/c19-4-7(29-15-14(27)13(26)12(25)8(5-20)30-15)11(24)10(23)6(21)3-18-2-1-9(22)17-16(18)28/h1-2,6-8,10-15,19-21,23-27H,3-5H2,(H,17,22,28)/t6-,7+,8-,10-,11-,12+,13+,14-,15-/m1/s1. The highest BCUT2D eigenvalue weighted by Gasteiger charge is 2.46. The maximum atomic E-state index is 11.7. The van der Waals surface area contributed by atoms with Crippen LogP contribution < -0.4 is 11.2 Å². The third-order valence-corrected chi connectivity index (χ3v) is 4.74. The van der Waals surface area contributed by atoms with E-state index in [1.54, 1.807) is 0 Å². The van der Waals surface area contributed by atoms with Gasteiger partial charge in [0.2, 0.25) is 0 Å². The molecule has 9 N–H and O–H groups in total. The SMILES string of the molecule is O=c1ccn(C[C@@H](O)[C@@H](O)[C@H](O)[C@H](CO)O[C@@H]2O[C@H](CO)[C@H](O)[C@H](O)[C@H]2O)c(=O)[nH]1. The molecule has 1 aliphatic heterocycles. The van der Waals surface area contributed by atoms with Crippen molar-refractivity contribution in [2.24, 2.45) is 0 Å². The number of hydrogen-bond acceptors (Lipinski definition) is 12. The zero-order valence-electron chi connectivity index (χ0n) is 15.6. The predicted molar refractivity (Wildman–Crippen MR) is 95.1 cm³/mol. The summed E-state index contributed by atoms with van der Waals surface area (Å²) in [6.45, 7) is -2.17. The van der Waals surface area contributed by atoms with Crippen molar-refractivity contribution in [3.8, 4) is 0 Å². The Hall–Kier alpha value is -1.72. The number of H-pyrrole nitrogens is 1. The van der Waals surface area contributed by atoms with E-state index in [1.807, 2.05) is 4.98 Å². The van der Waals surface area contributed by atoms with Crippen LogP contribution >= 0.6 is 0 Å². The number of nitrogens with zero attached hydrogens (tertiary/aromatic N) is 1. The first-order valence-electron chi connectivity index (χ1n) is 9.01. The van der Waals surface area contributed by atoms with Crippen molar-refractivity contribution in [1.29, 1.82) is 0 Å². The first-order valence-corrected chi connectivity index (χ1v) is 9.01. The van der Waals surface area contributed by atoms with Crippen LogP contribution in [-0.4, -0.2) is 119 Å². The Morgan fingerprint density at radius 1 is 1.07 bits per heavy atom. The molecule has 0 aliphatic carbocycles. The van der Waals surface area contributed by atoms with E-state index in [0.29, 0.717) is 0 Å². The predicted octanol–water partition coefficient (Wildman–Crippen LogP) is -6.20. The van der Waals surface area contributed by atoms with Gasteiger partial charge in [0, 0.05) is 12.3 Å². The summed E-state index contributed by atoms with van der Waals surface area (Å²) in [7, 11) is 0. The number of rotatable bonds is 9. The third kappa shape index (κ3) is 5.50. The molecule has 0 aromatic carbocycles. The lowest BCUT2D eigenvalue weighted by molar-refractivity contribution is -0.322. The Labute approximate surface area is 168 Å². The number of aromatic amines is 1. The van der Waals surface area contributed by atoms with Crippen molar-refractivity contribution in [3.63, 3.8) is 0 Å². The molecule has 0 radical (unpaired) electrons. The Morgan fingerprint density at radius 3 is 2.30 bits per heavy atom. The van der Waals surface area contributed by atoms with Gasteiger partial charge in [0.15, 0.2) is 6.29 Å². The van der Waals surface area contributed by atoms with Crippen LogP contribution in [0.25, 0.3) is 0 Å². The normalized spacial score (nSPS) is 31.1. The lowest BCUT2D eigenvalue weighted by atomic mass is 9.99. The Kier molecular flexibility index (Phi) is 8.62. The molecule has 172 valence electrons. The van der Waals surface area contributed by atoms with Crippen LogP contribution in [-0.2, 0) is 16.0 Å². The molecule has 9 atom stereocenters. The molecule has 14 heteroatoms. The second-order valence-electron chi connectivity index (χ2n) is 6.87. The molecule has 30 heavy (non-hydrogen) atoms. The van der Waals surface area contributed by atoms with E-state index in [0.717, 1.165) is 16.8 Å². The number of hydrogen-bond donors (Lipinski definition) is 9. The fraction of sp³-hybridized carbons (Fsp3) is 0.750. The van der Waals surface area contributed by atoms with Gasteiger partial charge in [-0.25, -0.2) is 4.79 Å². The zero-order chi connectivity index (χ0) is 22.6. The molecule has 1 aromatic heterocycles. The number of aromatic nitrogens is 2. The maximum absolute atomic E-state index is 11.7. The number of nitrogens with one attached hydrogen (secondary N) is 1. The molecule has 0 unspecified atom stereocenters. The Morgan fingerprint density at radius 2 is 1.73 bits per heavy atom. The van der Waals surface area contributed by atoms with Crippen molar-refractivity contribution in [2.45, 2.75) is 61.7 Å². The van der Waals surface area contributed by atoms with E-state index in [1.165, 1.54) is 0 Å². The van der Waals surface area contributed by atoms with E-state index >= 15 is 0 Å². The quantitative estimate of drug-likeness (QED) is 0.175. The summed E-state index contributed by atoms with van der Waals surface area (Å²) >= 11 is 0. The molecule has 0 spiro atoms. The summed E-state index contributed by atoms with van der Waals surface area (Å²) in [5.41, 5.74) is -1.53. The molecule has 0 saturated carbocycles. The van der Waals surface area contributed by atoms with Gasteiger partial charge in [-0.05, 0) is 0 Å². The minimum Gasteiger partial charge on any atom is -0.394 e. The number of aliphatic hydroxyl groups is 8. The summed E-state index contributed by atoms with van der Waals surface area (Å²) in [6.07, 6.45) is -14.4. The van der Waals surface area contributed by atoms with Gasteiger partial charge in [-0.15, -0.1) is 0 Å². The van der Waals surface area contributed by atoms with Crippen molar-refractivity contribution >= 4 is 0 Å². The van der Waals surface area contributed by atoms with Gasteiger partial charge in [0.1, 0.15) is 48.8 Å². The van der Waals surface area contributed by atoms with Crippen molar-refractivity contribution < 1.29 is 50.3 Å². The van der Waals surface area contributed by atoms with Crippen LogP contribution in [0.3, 0.4) is 0 Å². The van der Waals surface area contributed by atoms with Crippen LogP contribution in [0.4, 0.5) is 0 Å². The minimum atomic E-state index is -1.95. The molecular formula is C16H26N2O12. The fourth-order valence-electron chi connectivity index (χ4n) is 2.93. The third-order valence-electron chi connectivity index (χ3n) is 4.74. The summed E-state index contributed by atoms with van der Waals surface area (Å²) in [6, 6.07) is 1.01.